The molecule has 0 radical (unpaired) electrons. The van der Waals surface area contributed by atoms with E-state index in [1.54, 1.807) is 0 Å². The van der Waals surface area contributed by atoms with E-state index in [0.717, 1.165) is 22.5 Å². The Hall–Kier alpha value is -2.59. The van der Waals surface area contributed by atoms with Gasteiger partial charge in [-0.1, -0.05) is 48.5 Å². The van der Waals surface area contributed by atoms with Gasteiger partial charge in [0.05, 0.1) is 10.8 Å². The lowest BCUT2D eigenvalue weighted by Gasteiger charge is -2.30. The van der Waals surface area contributed by atoms with Crippen LogP contribution in [0.15, 0.2) is 29.6 Å². The second-order valence-corrected chi connectivity index (χ2v) is 7.36. The first-order valence-corrected chi connectivity index (χ1v) is 8.93. The van der Waals surface area contributed by atoms with Gasteiger partial charge in [-0.05, 0) is 23.5 Å². The van der Waals surface area contributed by atoms with E-state index in [-0.39, 0.29) is 16.8 Å². The van der Waals surface area contributed by atoms with Crippen LogP contribution in [0.5, 0.6) is 5.75 Å². The summed E-state index contributed by atoms with van der Waals surface area (Å²) in [5.74, 6) is -0.424. The standard InChI is InChI=1S/C16H19BN4O4S/c1-8(2)10-5-3-4-9-6-12(17(23)25-14(9)10)20-15(22)13(21-24)11-7-19-16(18)26-11/h3-5,7-8,12,23-24H,6H2,1-2H3,(H2,18,19)(H,20,22)/b21-13-/t12-/m0/s1. The highest BCUT2D eigenvalue weighted by molar-refractivity contribution is 7.18. The van der Waals surface area contributed by atoms with Crippen LogP contribution in [-0.2, 0) is 11.2 Å². The lowest BCUT2D eigenvalue weighted by Crippen LogP contribution is -2.54. The van der Waals surface area contributed by atoms with Crippen LogP contribution in [0.3, 0.4) is 0 Å². The van der Waals surface area contributed by atoms with Gasteiger partial charge in [0, 0.05) is 6.20 Å². The fourth-order valence-corrected chi connectivity index (χ4v) is 3.53. The molecule has 8 nitrogen and oxygen atoms in total. The molecule has 26 heavy (non-hydrogen) atoms. The Morgan fingerprint density at radius 1 is 1.54 bits per heavy atom. The zero-order chi connectivity index (χ0) is 18.8. The molecule has 0 unspecified atom stereocenters. The van der Waals surface area contributed by atoms with E-state index in [1.165, 1.54) is 6.20 Å². The predicted octanol–water partition coefficient (Wildman–Crippen LogP) is 1.17. The molecule has 2 aromatic rings. The fraction of sp³-hybridized carbons (Fsp3) is 0.312. The first-order valence-electron chi connectivity index (χ1n) is 8.11. The smallest absolute Gasteiger partial charge is 0.534 e. The van der Waals surface area contributed by atoms with Crippen molar-refractivity contribution in [2.45, 2.75) is 32.1 Å². The van der Waals surface area contributed by atoms with Gasteiger partial charge in [0.1, 0.15) is 5.75 Å². The highest BCUT2D eigenvalue weighted by Gasteiger charge is 2.38. The summed E-state index contributed by atoms with van der Waals surface area (Å²) in [5, 5.41) is 25.5. The molecule has 0 bridgehead atoms. The van der Waals surface area contributed by atoms with Crippen LogP contribution in [0.4, 0.5) is 5.13 Å². The van der Waals surface area contributed by atoms with Gasteiger partial charge in [-0.15, -0.1) is 0 Å². The molecular weight excluding hydrogens is 355 g/mol. The monoisotopic (exact) mass is 374 g/mol. The minimum absolute atomic E-state index is 0.215. The molecule has 3 rings (SSSR count). The summed E-state index contributed by atoms with van der Waals surface area (Å²) in [6.45, 7) is 4.09. The number of aromatic nitrogens is 1. The van der Waals surface area contributed by atoms with Gasteiger partial charge < -0.3 is 25.9 Å². The van der Waals surface area contributed by atoms with Crippen molar-refractivity contribution in [3.05, 3.63) is 40.4 Å². The molecule has 0 saturated carbocycles. The number of rotatable bonds is 4. The Bertz CT molecular complexity index is 855. The number of benzene rings is 1. The van der Waals surface area contributed by atoms with Gasteiger partial charge in [-0.25, -0.2) is 4.98 Å². The van der Waals surface area contributed by atoms with Gasteiger partial charge in [-0.3, -0.25) is 4.79 Å². The topological polar surface area (TPSA) is 130 Å². The molecule has 5 N–H and O–H groups in total. The van der Waals surface area contributed by atoms with Crippen LogP contribution in [0.2, 0.25) is 0 Å². The summed E-state index contributed by atoms with van der Waals surface area (Å²) in [7, 11) is -1.21. The molecule has 0 fully saturated rings. The molecule has 2 heterocycles. The van der Waals surface area contributed by atoms with Crippen molar-refractivity contribution in [3.63, 3.8) is 0 Å². The third-order valence-corrected chi connectivity index (χ3v) is 4.99. The van der Waals surface area contributed by atoms with Crippen LogP contribution >= 0.6 is 11.3 Å². The van der Waals surface area contributed by atoms with E-state index < -0.39 is 19.0 Å². The van der Waals surface area contributed by atoms with Gasteiger partial charge in [0.25, 0.3) is 5.91 Å². The summed E-state index contributed by atoms with van der Waals surface area (Å²) >= 11 is 1.03. The predicted molar refractivity (Wildman–Crippen MR) is 99.6 cm³/mol. The number of thiazole rings is 1. The number of amides is 1. The molecule has 10 heteroatoms. The van der Waals surface area contributed by atoms with E-state index >= 15 is 0 Å². The highest BCUT2D eigenvalue weighted by Crippen LogP contribution is 2.34. The molecule has 0 aliphatic carbocycles. The van der Waals surface area contributed by atoms with Gasteiger partial charge >= 0.3 is 7.12 Å². The van der Waals surface area contributed by atoms with Crippen molar-refractivity contribution in [2.75, 3.05) is 5.73 Å². The molecule has 136 valence electrons. The minimum Gasteiger partial charge on any atom is -0.534 e. The van der Waals surface area contributed by atoms with E-state index in [1.807, 2.05) is 32.0 Å². The number of nitrogens with zero attached hydrogens (tertiary/aromatic N) is 2. The number of hydrogen-bond acceptors (Lipinski definition) is 8. The number of carbonyl (C=O) groups is 1. The van der Waals surface area contributed by atoms with Crippen LogP contribution in [0, 0.1) is 0 Å². The number of nitrogens with one attached hydrogen (secondary N) is 1. The molecule has 1 aromatic heterocycles. The highest BCUT2D eigenvalue weighted by atomic mass is 32.1. The fourth-order valence-electron chi connectivity index (χ4n) is 2.87. The Balaban J connectivity index is 1.79. The quantitative estimate of drug-likeness (QED) is 0.275. The van der Waals surface area contributed by atoms with E-state index in [2.05, 4.69) is 15.5 Å². The number of fused-ring (bicyclic) bond motifs is 1. The lowest BCUT2D eigenvalue weighted by atomic mass is 9.72. The minimum atomic E-state index is -1.21. The molecular formula is C16H19BN4O4S. The number of hydrogen-bond donors (Lipinski definition) is 4. The summed E-state index contributed by atoms with van der Waals surface area (Å²) in [5.41, 5.74) is 7.24. The summed E-state index contributed by atoms with van der Waals surface area (Å²) in [6, 6.07) is 5.78. The van der Waals surface area contributed by atoms with E-state index in [4.69, 9.17) is 10.4 Å². The van der Waals surface area contributed by atoms with E-state index in [9.17, 15) is 15.0 Å². The van der Waals surface area contributed by atoms with Crippen molar-refractivity contribution in [1.82, 2.24) is 10.3 Å². The second kappa shape index (κ2) is 7.34. The third kappa shape index (κ3) is 3.51. The molecule has 1 aromatic carbocycles. The van der Waals surface area contributed by atoms with Crippen molar-refractivity contribution in [2.24, 2.45) is 5.16 Å². The van der Waals surface area contributed by atoms with Crippen LogP contribution in [0.1, 0.15) is 35.8 Å². The first kappa shape index (κ1) is 18.2. The Morgan fingerprint density at radius 3 is 2.92 bits per heavy atom. The zero-order valence-electron chi connectivity index (χ0n) is 14.3. The average Bonchev–Trinajstić information content (AvgIpc) is 3.01. The van der Waals surface area contributed by atoms with E-state index in [0.29, 0.717) is 17.0 Å². The summed E-state index contributed by atoms with van der Waals surface area (Å²) in [6.07, 6.45) is 1.75. The van der Waals surface area contributed by atoms with Crippen LogP contribution < -0.4 is 15.7 Å². The Labute approximate surface area is 154 Å². The van der Waals surface area contributed by atoms with Crippen molar-refractivity contribution in [3.8, 4) is 5.75 Å². The lowest BCUT2D eigenvalue weighted by molar-refractivity contribution is -0.115. The third-order valence-electron chi connectivity index (χ3n) is 4.16. The van der Waals surface area contributed by atoms with Crippen LogP contribution in [-0.4, -0.2) is 39.9 Å². The van der Waals surface area contributed by atoms with Gasteiger partial charge in [0.15, 0.2) is 10.8 Å². The summed E-state index contributed by atoms with van der Waals surface area (Å²) < 4.78 is 5.67. The van der Waals surface area contributed by atoms with Gasteiger partial charge in [-0.2, -0.15) is 0 Å². The molecule has 0 spiro atoms. The number of para-hydroxylation sites is 1. The molecule has 1 aliphatic heterocycles. The number of oxime groups is 1. The summed E-state index contributed by atoms with van der Waals surface area (Å²) in [4.78, 5) is 16.6. The number of nitrogen functional groups attached to an aromatic ring is 1. The largest absolute Gasteiger partial charge is 0.547 e. The number of carbonyl (C=O) groups excluding carboxylic acids is 1. The zero-order valence-corrected chi connectivity index (χ0v) is 15.2. The maximum absolute atomic E-state index is 12.5. The molecule has 0 saturated heterocycles. The number of nitrogens with two attached hydrogens (primary N) is 1. The molecule has 1 amide bonds. The maximum Gasteiger partial charge on any atom is 0.547 e. The van der Waals surface area contributed by atoms with Crippen LogP contribution in [0.25, 0.3) is 0 Å². The maximum atomic E-state index is 12.5. The first-order chi connectivity index (χ1) is 12.4. The SMILES string of the molecule is CC(C)c1cccc2c1OB(O)[C@@H](NC(=O)/C(=N\O)c1cnc(N)s1)C2. The normalized spacial score (nSPS) is 17.0. The van der Waals surface area contributed by atoms with Crippen molar-refractivity contribution < 1.29 is 19.7 Å². The Kier molecular flexibility index (Phi) is 5.14. The average molecular weight is 374 g/mol. The second-order valence-electron chi connectivity index (χ2n) is 6.29. The Morgan fingerprint density at radius 2 is 2.31 bits per heavy atom. The molecule has 1 aliphatic rings. The van der Waals surface area contributed by atoms with Gasteiger partial charge in [0.2, 0.25) is 0 Å². The van der Waals surface area contributed by atoms with Crippen molar-refractivity contribution >= 4 is 35.2 Å². The number of anilines is 1. The molecule has 1 atom stereocenters. The van der Waals surface area contributed by atoms with Crippen molar-refractivity contribution in [1.29, 1.82) is 0 Å².